The zero-order chi connectivity index (χ0) is 23.5. The fraction of sp³-hybridized carbons (Fsp3) is 0.579. The number of alkyl halides is 6. The van der Waals surface area contributed by atoms with E-state index in [9.17, 15) is 35.9 Å². The van der Waals surface area contributed by atoms with Crippen LogP contribution in [0.3, 0.4) is 0 Å². The number of nitrogens with zero attached hydrogens (tertiary/aromatic N) is 4. The molecule has 1 aliphatic heterocycles. The summed E-state index contributed by atoms with van der Waals surface area (Å²) in [6, 6.07) is 3.03. The van der Waals surface area contributed by atoms with Crippen molar-refractivity contribution in [1.29, 1.82) is 0 Å². The van der Waals surface area contributed by atoms with Crippen molar-refractivity contribution in [2.24, 2.45) is 5.92 Å². The predicted molar refractivity (Wildman–Crippen MR) is 101 cm³/mol. The van der Waals surface area contributed by atoms with Crippen molar-refractivity contribution in [1.82, 2.24) is 20.4 Å². The van der Waals surface area contributed by atoms with Gasteiger partial charge in [-0.05, 0) is 24.5 Å². The second kappa shape index (κ2) is 9.33. The Balaban J connectivity index is 1.54. The molecule has 2 amide bonds. The summed E-state index contributed by atoms with van der Waals surface area (Å²) in [6.45, 7) is 0.637. The largest absolute Gasteiger partial charge is 0.421 e. The summed E-state index contributed by atoms with van der Waals surface area (Å²) in [7, 11) is 0. The van der Waals surface area contributed by atoms with Crippen LogP contribution in [0.2, 0.25) is 0 Å². The van der Waals surface area contributed by atoms with Crippen molar-refractivity contribution in [3.8, 4) is 0 Å². The monoisotopic (exact) mass is 465 g/mol. The van der Waals surface area contributed by atoms with Crippen LogP contribution >= 0.6 is 0 Å². The maximum Gasteiger partial charge on any atom is 0.421 e. The van der Waals surface area contributed by atoms with E-state index in [1.54, 1.807) is 11.0 Å². The molecule has 13 heteroatoms. The summed E-state index contributed by atoms with van der Waals surface area (Å²) in [5, 5.41) is 10.6. The van der Waals surface area contributed by atoms with Gasteiger partial charge in [0.1, 0.15) is 5.57 Å². The maximum atomic E-state index is 12.6. The standard InChI is InChI=1S/C19H21F6N5O2/c20-18(21,22)14(19(23,24)25)11-16(31)30-9-7-29(8-10-30)15-4-3-13(27-28-15)17(32)26-6-5-12-1-2-12/h3-4,11-12H,1-2,5-10H2,(H,26,32). The number of allylic oxidation sites excluding steroid dienone is 1. The van der Waals surface area contributed by atoms with Crippen LogP contribution in [-0.2, 0) is 4.79 Å². The van der Waals surface area contributed by atoms with E-state index in [0.717, 1.165) is 11.3 Å². The summed E-state index contributed by atoms with van der Waals surface area (Å²) in [6.07, 6.45) is -8.49. The molecule has 7 nitrogen and oxygen atoms in total. The van der Waals surface area contributed by atoms with Crippen LogP contribution in [0.15, 0.2) is 23.8 Å². The number of carbonyl (C=O) groups excluding carboxylic acids is 2. The lowest BCUT2D eigenvalue weighted by molar-refractivity contribution is -0.173. The van der Waals surface area contributed by atoms with Gasteiger partial charge in [0.25, 0.3) is 5.91 Å². The summed E-state index contributed by atoms with van der Waals surface area (Å²) in [5.41, 5.74) is -2.70. The first-order chi connectivity index (χ1) is 14.9. The summed E-state index contributed by atoms with van der Waals surface area (Å²) >= 11 is 0. The normalized spacial score (nSPS) is 17.2. The SMILES string of the molecule is O=C(NCCC1CC1)c1ccc(N2CCN(C(=O)C=C(C(F)(F)F)C(F)(F)F)CC2)nn1. The Morgan fingerprint density at radius 3 is 2.12 bits per heavy atom. The van der Waals surface area contributed by atoms with Gasteiger partial charge < -0.3 is 15.1 Å². The van der Waals surface area contributed by atoms with Crippen LogP contribution < -0.4 is 10.2 Å². The van der Waals surface area contributed by atoms with E-state index in [0.29, 0.717) is 18.3 Å². The minimum Gasteiger partial charge on any atom is -0.352 e. The Morgan fingerprint density at radius 1 is 1.00 bits per heavy atom. The number of nitrogens with one attached hydrogen (secondary N) is 1. The lowest BCUT2D eigenvalue weighted by atomic mass is 10.2. The fourth-order valence-corrected chi connectivity index (χ4v) is 3.20. The molecular weight excluding hydrogens is 444 g/mol. The number of hydrogen-bond donors (Lipinski definition) is 1. The van der Waals surface area contributed by atoms with Crippen LogP contribution in [0.1, 0.15) is 29.8 Å². The van der Waals surface area contributed by atoms with Gasteiger partial charge in [-0.1, -0.05) is 12.8 Å². The third kappa shape index (κ3) is 6.33. The summed E-state index contributed by atoms with van der Waals surface area (Å²) in [5.74, 6) is -0.651. The molecule has 0 radical (unpaired) electrons. The van der Waals surface area contributed by atoms with Gasteiger partial charge in [-0.15, -0.1) is 10.2 Å². The zero-order valence-electron chi connectivity index (χ0n) is 16.8. The lowest BCUT2D eigenvalue weighted by Crippen LogP contribution is -2.49. The number of piperazine rings is 1. The van der Waals surface area contributed by atoms with Crippen LogP contribution in [0, 0.1) is 5.92 Å². The molecule has 1 saturated carbocycles. The van der Waals surface area contributed by atoms with Crippen molar-refractivity contribution in [2.45, 2.75) is 31.6 Å². The molecule has 1 aromatic heterocycles. The first-order valence-corrected chi connectivity index (χ1v) is 9.97. The number of rotatable bonds is 6. The van der Waals surface area contributed by atoms with Crippen molar-refractivity contribution >= 4 is 17.6 Å². The minimum absolute atomic E-state index is 0.0938. The number of halogens is 6. The highest BCUT2D eigenvalue weighted by atomic mass is 19.4. The maximum absolute atomic E-state index is 12.6. The van der Waals surface area contributed by atoms with E-state index >= 15 is 0 Å². The Labute approximate surface area is 179 Å². The number of carbonyl (C=O) groups is 2. The van der Waals surface area contributed by atoms with Crippen molar-refractivity contribution in [2.75, 3.05) is 37.6 Å². The zero-order valence-corrected chi connectivity index (χ0v) is 16.8. The Bertz CT molecular complexity index is 840. The molecule has 2 aliphatic rings. The summed E-state index contributed by atoms with van der Waals surface area (Å²) < 4.78 is 75.7. The summed E-state index contributed by atoms with van der Waals surface area (Å²) in [4.78, 5) is 26.6. The van der Waals surface area contributed by atoms with E-state index in [2.05, 4.69) is 15.5 Å². The van der Waals surface area contributed by atoms with Crippen LogP contribution in [0.4, 0.5) is 32.2 Å². The molecule has 0 spiro atoms. The van der Waals surface area contributed by atoms with E-state index < -0.39 is 29.9 Å². The number of anilines is 1. The van der Waals surface area contributed by atoms with Gasteiger partial charge in [0.2, 0.25) is 5.91 Å². The highest BCUT2D eigenvalue weighted by Gasteiger charge is 2.51. The average Bonchev–Trinajstić information content (AvgIpc) is 3.55. The Morgan fingerprint density at radius 2 is 1.62 bits per heavy atom. The van der Waals surface area contributed by atoms with Crippen LogP contribution in [-0.4, -0.2) is 72.0 Å². The van der Waals surface area contributed by atoms with Gasteiger partial charge in [0, 0.05) is 38.8 Å². The van der Waals surface area contributed by atoms with E-state index in [-0.39, 0.29) is 37.8 Å². The first-order valence-electron chi connectivity index (χ1n) is 9.97. The molecule has 1 aliphatic carbocycles. The molecule has 0 aromatic carbocycles. The molecule has 0 bridgehead atoms. The molecule has 1 aromatic rings. The lowest BCUT2D eigenvalue weighted by Gasteiger charge is -2.34. The van der Waals surface area contributed by atoms with E-state index in [1.807, 2.05) is 0 Å². The third-order valence-electron chi connectivity index (χ3n) is 5.21. The first kappa shape index (κ1) is 23.8. The minimum atomic E-state index is -5.68. The van der Waals surface area contributed by atoms with Crippen molar-refractivity contribution in [3.05, 3.63) is 29.5 Å². The predicted octanol–water partition coefficient (Wildman–Crippen LogP) is 2.71. The second-order valence-corrected chi connectivity index (χ2v) is 7.63. The van der Waals surface area contributed by atoms with Gasteiger partial charge in [-0.2, -0.15) is 26.3 Å². The smallest absolute Gasteiger partial charge is 0.352 e. The average molecular weight is 465 g/mol. The molecule has 2 heterocycles. The number of hydrogen-bond acceptors (Lipinski definition) is 5. The molecule has 32 heavy (non-hydrogen) atoms. The third-order valence-corrected chi connectivity index (χ3v) is 5.21. The molecule has 0 atom stereocenters. The highest BCUT2D eigenvalue weighted by molar-refractivity contribution is 5.92. The number of aromatic nitrogens is 2. The topological polar surface area (TPSA) is 78.4 Å². The van der Waals surface area contributed by atoms with Gasteiger partial charge in [0.05, 0.1) is 0 Å². The molecule has 176 valence electrons. The quantitative estimate of drug-likeness (QED) is 0.517. The Hall–Kier alpha value is -2.86. The molecular formula is C19H21F6N5O2. The molecule has 3 rings (SSSR count). The highest BCUT2D eigenvalue weighted by Crippen LogP contribution is 2.38. The van der Waals surface area contributed by atoms with Gasteiger partial charge in [-0.25, -0.2) is 0 Å². The van der Waals surface area contributed by atoms with Crippen molar-refractivity contribution in [3.63, 3.8) is 0 Å². The molecule has 2 fully saturated rings. The van der Waals surface area contributed by atoms with Crippen LogP contribution in [0.5, 0.6) is 0 Å². The van der Waals surface area contributed by atoms with Gasteiger partial charge in [-0.3, -0.25) is 9.59 Å². The van der Waals surface area contributed by atoms with Crippen molar-refractivity contribution < 1.29 is 35.9 Å². The van der Waals surface area contributed by atoms with E-state index in [1.165, 1.54) is 18.9 Å². The fourth-order valence-electron chi connectivity index (χ4n) is 3.20. The molecule has 1 saturated heterocycles. The van der Waals surface area contributed by atoms with Crippen LogP contribution in [0.25, 0.3) is 0 Å². The number of amides is 2. The van der Waals surface area contributed by atoms with Gasteiger partial charge in [0.15, 0.2) is 11.5 Å². The second-order valence-electron chi connectivity index (χ2n) is 7.63. The van der Waals surface area contributed by atoms with E-state index in [4.69, 9.17) is 0 Å². The Kier molecular flexibility index (Phi) is 6.94. The van der Waals surface area contributed by atoms with Gasteiger partial charge >= 0.3 is 12.4 Å². The molecule has 1 N–H and O–H groups in total. The molecule has 0 unspecified atom stereocenters.